The summed E-state index contributed by atoms with van der Waals surface area (Å²) in [7, 11) is 0. The first kappa shape index (κ1) is 39.1. The van der Waals surface area contributed by atoms with E-state index in [4.69, 9.17) is 0 Å². The van der Waals surface area contributed by atoms with Gasteiger partial charge in [-0.05, 0) is 35.0 Å². The van der Waals surface area contributed by atoms with E-state index in [1.807, 2.05) is 27.7 Å². The largest absolute Gasteiger partial charge is 0.124 e. The Morgan fingerprint density at radius 1 is 0.759 bits per heavy atom. The van der Waals surface area contributed by atoms with Crippen LogP contribution in [0.2, 0.25) is 0 Å². The molecule has 3 atom stereocenters. The maximum Gasteiger partial charge on any atom is -0.0300 e. The molecule has 0 aromatic rings. The fourth-order valence-corrected chi connectivity index (χ4v) is 2.99. The molecule has 1 aliphatic rings. The van der Waals surface area contributed by atoms with Gasteiger partial charge in [-0.2, -0.15) is 0 Å². The quantitative estimate of drug-likeness (QED) is 0.380. The molecule has 1 fully saturated rings. The zero-order valence-corrected chi connectivity index (χ0v) is 23.8. The lowest BCUT2D eigenvalue weighted by Gasteiger charge is -2.45. The fraction of sp³-hybridized carbons (Fsp3) is 0.931. The molecule has 1 saturated carbocycles. The summed E-state index contributed by atoms with van der Waals surface area (Å²) >= 11 is 0. The molecule has 1 aliphatic carbocycles. The Bertz CT molecular complexity index is 280. The first-order valence-corrected chi connectivity index (χ1v) is 12.9. The minimum absolute atomic E-state index is 0.542. The molecule has 0 N–H and O–H groups in total. The second kappa shape index (κ2) is 27.6. The van der Waals surface area contributed by atoms with Crippen LogP contribution in [0.4, 0.5) is 0 Å². The molecule has 0 nitrogen and oxygen atoms in total. The molecule has 29 heavy (non-hydrogen) atoms. The summed E-state index contributed by atoms with van der Waals surface area (Å²) in [5.41, 5.74) is 0.542. The van der Waals surface area contributed by atoms with Crippen molar-refractivity contribution < 1.29 is 0 Å². The highest BCUT2D eigenvalue weighted by molar-refractivity contribution is 4.87. The van der Waals surface area contributed by atoms with Crippen molar-refractivity contribution >= 4 is 0 Å². The van der Waals surface area contributed by atoms with Crippen LogP contribution in [0.15, 0.2) is 0 Å². The second-order valence-electron chi connectivity index (χ2n) is 8.95. The van der Waals surface area contributed by atoms with Crippen molar-refractivity contribution in [1.29, 1.82) is 0 Å². The molecule has 0 amide bonds. The van der Waals surface area contributed by atoms with Crippen LogP contribution in [0, 0.1) is 47.9 Å². The van der Waals surface area contributed by atoms with Crippen LogP contribution in [0.1, 0.15) is 142 Å². The van der Waals surface area contributed by atoms with Crippen LogP contribution in [0.3, 0.4) is 0 Å². The van der Waals surface area contributed by atoms with Gasteiger partial charge in [-0.15, -0.1) is 12.8 Å². The molecular weight excluding hydrogens is 348 g/mol. The third kappa shape index (κ3) is 20.6. The van der Waals surface area contributed by atoms with Gasteiger partial charge in [-0.25, -0.2) is 0 Å². The number of hydrogen-bond donors (Lipinski definition) is 0. The van der Waals surface area contributed by atoms with E-state index in [9.17, 15) is 0 Å². The van der Waals surface area contributed by atoms with Gasteiger partial charge in [0.05, 0.1) is 0 Å². The van der Waals surface area contributed by atoms with E-state index in [1.54, 1.807) is 0 Å². The third-order valence-electron chi connectivity index (χ3n) is 6.70. The van der Waals surface area contributed by atoms with E-state index in [0.717, 1.165) is 29.6 Å². The van der Waals surface area contributed by atoms with Crippen LogP contribution in [0.25, 0.3) is 0 Å². The van der Waals surface area contributed by atoms with Crippen molar-refractivity contribution in [2.75, 3.05) is 0 Å². The molecule has 0 heteroatoms. The maximum atomic E-state index is 4.00. The van der Waals surface area contributed by atoms with Crippen molar-refractivity contribution in [2.45, 2.75) is 142 Å². The molecule has 0 radical (unpaired) electrons. The Kier molecular flexibility index (Phi) is 37.1. The van der Waals surface area contributed by atoms with Crippen LogP contribution in [-0.2, 0) is 0 Å². The summed E-state index contributed by atoms with van der Waals surface area (Å²) in [5.74, 6) is 4.58. The topological polar surface area (TPSA) is 0 Å². The molecule has 0 aliphatic heterocycles. The summed E-state index contributed by atoms with van der Waals surface area (Å²) in [6, 6.07) is 0. The number of terminal acetylenes is 1. The first-order valence-electron chi connectivity index (χ1n) is 12.9. The standard InChI is InChI=1S/C13H26.C7H16.C3H8.2C2H6.C2H2/c1-6-10(2)13(4,5)11(3)12-8-7-9-12;1-5-7(4)6(2)3;1-3-2;3*1-2/h10-12H,6-9H2,1-5H3;6-7H,5H2,1-4H3;3H2,1-2H3;2*1-2H3;1-2H. The van der Waals surface area contributed by atoms with E-state index in [1.165, 1.54) is 38.5 Å². The normalized spacial score (nSPS) is 15.4. The van der Waals surface area contributed by atoms with Crippen LogP contribution in [-0.4, -0.2) is 0 Å². The first-order chi connectivity index (χ1) is 13.6. The fourth-order valence-electron chi connectivity index (χ4n) is 2.99. The van der Waals surface area contributed by atoms with Crippen molar-refractivity contribution in [3.63, 3.8) is 0 Å². The average Bonchev–Trinajstić information content (AvgIpc) is 2.70. The Hall–Kier alpha value is -0.440. The Labute approximate surface area is 190 Å². The van der Waals surface area contributed by atoms with E-state index in [0.29, 0.717) is 5.41 Å². The molecule has 0 spiro atoms. The molecule has 180 valence electrons. The smallest absolute Gasteiger partial charge is 0.0300 e. The molecule has 1 rings (SSSR count). The van der Waals surface area contributed by atoms with Crippen LogP contribution < -0.4 is 0 Å². The SMILES string of the molecule is C#C.CC.CC.CCC.CCC(C)C(C)(C)C(C)C1CCC1.CCC(C)C(C)C. The van der Waals surface area contributed by atoms with E-state index in [2.05, 4.69) is 89.0 Å². The number of rotatable bonds is 6. The van der Waals surface area contributed by atoms with Gasteiger partial charge in [0.15, 0.2) is 0 Å². The van der Waals surface area contributed by atoms with Crippen molar-refractivity contribution in [2.24, 2.45) is 35.0 Å². The van der Waals surface area contributed by atoms with Gasteiger partial charge < -0.3 is 0 Å². The number of hydrogen-bond acceptors (Lipinski definition) is 0. The summed E-state index contributed by atoms with van der Waals surface area (Å²) < 4.78 is 0. The van der Waals surface area contributed by atoms with Gasteiger partial charge in [0.2, 0.25) is 0 Å². The highest BCUT2D eigenvalue weighted by atomic mass is 14.4. The molecule has 0 saturated heterocycles. The predicted molar refractivity (Wildman–Crippen MR) is 143 cm³/mol. The highest BCUT2D eigenvalue weighted by Gasteiger charge is 2.37. The Morgan fingerprint density at radius 3 is 1.24 bits per heavy atom. The maximum absolute atomic E-state index is 4.00. The van der Waals surface area contributed by atoms with Gasteiger partial charge in [0.25, 0.3) is 0 Å². The predicted octanol–water partition coefficient (Wildman–Crippen LogP) is 10.9. The lowest BCUT2D eigenvalue weighted by atomic mass is 9.61. The van der Waals surface area contributed by atoms with Crippen LogP contribution in [0.5, 0.6) is 0 Å². The summed E-state index contributed by atoms with van der Waals surface area (Å²) in [6.45, 7) is 33.5. The summed E-state index contributed by atoms with van der Waals surface area (Å²) in [6.07, 6.45) is 16.3. The third-order valence-corrected chi connectivity index (χ3v) is 6.70. The Morgan fingerprint density at radius 2 is 1.10 bits per heavy atom. The molecule has 0 heterocycles. The second-order valence-corrected chi connectivity index (χ2v) is 8.95. The summed E-state index contributed by atoms with van der Waals surface area (Å²) in [5, 5.41) is 0. The molecule has 3 unspecified atom stereocenters. The minimum atomic E-state index is 0.542. The van der Waals surface area contributed by atoms with Gasteiger partial charge >= 0.3 is 0 Å². The van der Waals surface area contributed by atoms with Gasteiger partial charge in [-0.3, -0.25) is 0 Å². The van der Waals surface area contributed by atoms with Crippen molar-refractivity contribution in [3.8, 4) is 12.8 Å². The zero-order chi connectivity index (χ0) is 24.6. The highest BCUT2D eigenvalue weighted by Crippen LogP contribution is 2.46. The van der Waals surface area contributed by atoms with E-state index >= 15 is 0 Å². The lowest BCUT2D eigenvalue weighted by Crippen LogP contribution is -2.36. The van der Waals surface area contributed by atoms with Crippen LogP contribution >= 0.6 is 0 Å². The Balaban J connectivity index is -0.000000102. The summed E-state index contributed by atoms with van der Waals surface area (Å²) in [4.78, 5) is 0. The van der Waals surface area contributed by atoms with Gasteiger partial charge in [0.1, 0.15) is 0 Å². The lowest BCUT2D eigenvalue weighted by molar-refractivity contribution is 0.0509. The van der Waals surface area contributed by atoms with Crippen molar-refractivity contribution in [3.05, 3.63) is 0 Å². The minimum Gasteiger partial charge on any atom is -0.124 e. The zero-order valence-electron chi connectivity index (χ0n) is 23.8. The van der Waals surface area contributed by atoms with E-state index < -0.39 is 0 Å². The van der Waals surface area contributed by atoms with Gasteiger partial charge in [0, 0.05) is 0 Å². The monoisotopic (exact) mass is 413 g/mol. The van der Waals surface area contributed by atoms with E-state index in [-0.39, 0.29) is 0 Å². The van der Waals surface area contributed by atoms with Crippen molar-refractivity contribution in [1.82, 2.24) is 0 Å². The molecule has 0 aromatic carbocycles. The average molecular weight is 413 g/mol. The molecule has 0 bridgehead atoms. The molecular formula is C29H64. The molecule has 0 aromatic heterocycles. The van der Waals surface area contributed by atoms with Gasteiger partial charge in [-0.1, -0.05) is 142 Å².